The number of pyridine rings is 2. The predicted molar refractivity (Wildman–Crippen MR) is 95.0 cm³/mol. The maximum Gasteiger partial charge on any atom is 0.426 e. The molecule has 0 atom stereocenters. The molecule has 6 nitrogen and oxygen atoms in total. The fourth-order valence-corrected chi connectivity index (χ4v) is 5.32. The Hall–Kier alpha value is -2.50. The van der Waals surface area contributed by atoms with Crippen LogP contribution in [0.15, 0.2) is 78.2 Å². The van der Waals surface area contributed by atoms with Gasteiger partial charge in [0.15, 0.2) is 0 Å². The van der Waals surface area contributed by atoms with E-state index >= 15 is 0 Å². The quantitative estimate of drug-likeness (QED) is 0.608. The number of aromatic nitrogens is 2. The first-order valence-corrected chi connectivity index (χ1v) is 10.6. The molecule has 2 heterocycles. The third kappa shape index (κ3) is 4.32. The van der Waals surface area contributed by atoms with E-state index in [1.807, 2.05) is 6.92 Å². The lowest BCUT2D eigenvalue weighted by Gasteiger charge is -2.18. The van der Waals surface area contributed by atoms with E-state index in [1.165, 1.54) is 12.4 Å². The van der Waals surface area contributed by atoms with Gasteiger partial charge in [-0.2, -0.15) is 0 Å². The third-order valence-corrected chi connectivity index (χ3v) is 7.38. The van der Waals surface area contributed by atoms with Gasteiger partial charge in [0.1, 0.15) is 11.5 Å². The van der Waals surface area contributed by atoms with Gasteiger partial charge in [-0.1, -0.05) is 17.7 Å². The molecule has 0 spiro atoms. The minimum atomic E-state index is -3.85. The first-order chi connectivity index (χ1) is 12.1. The maximum atomic E-state index is 13.0. The van der Waals surface area contributed by atoms with Crippen molar-refractivity contribution >= 4 is 17.0 Å². The normalized spacial score (nSPS) is 11.3. The number of hydrogen-bond acceptors (Lipinski definition) is 6. The molecule has 3 aromatic rings. The van der Waals surface area contributed by atoms with Crippen LogP contribution in [-0.4, -0.2) is 18.4 Å². The van der Waals surface area contributed by atoms with Crippen LogP contribution in [0.3, 0.4) is 0 Å². The number of benzene rings is 1. The van der Waals surface area contributed by atoms with Crippen LogP contribution in [0.5, 0.6) is 11.5 Å². The zero-order chi connectivity index (χ0) is 17.7. The molecule has 0 aliphatic heterocycles. The molecule has 0 aliphatic carbocycles. The highest BCUT2D eigenvalue weighted by Gasteiger charge is 2.35. The summed E-state index contributed by atoms with van der Waals surface area (Å²) in [6.07, 6.45) is 6.02. The van der Waals surface area contributed by atoms with E-state index in [-0.39, 0.29) is 4.90 Å². The SMILES string of the molecule is Cc1ccc(S(=O)(=O)P(Oc2cccnc2)Oc2cccnc2)cc1. The van der Waals surface area contributed by atoms with Gasteiger partial charge in [-0.15, -0.1) is 0 Å². The highest BCUT2D eigenvalue weighted by atomic mass is 32.8. The first kappa shape index (κ1) is 17.3. The number of hydrogen-bond donors (Lipinski definition) is 0. The average Bonchev–Trinajstić information content (AvgIpc) is 2.63. The highest BCUT2D eigenvalue weighted by molar-refractivity contribution is 8.47. The molecule has 0 amide bonds. The van der Waals surface area contributed by atoms with E-state index in [1.54, 1.807) is 60.9 Å². The summed E-state index contributed by atoms with van der Waals surface area (Å²) in [7, 11) is -6.20. The van der Waals surface area contributed by atoms with Gasteiger partial charge in [0.05, 0.1) is 17.3 Å². The second-order valence-corrected chi connectivity index (χ2v) is 9.64. The van der Waals surface area contributed by atoms with Crippen molar-refractivity contribution in [2.45, 2.75) is 11.8 Å². The molecule has 0 aliphatic rings. The molecule has 3 rings (SSSR count). The summed E-state index contributed by atoms with van der Waals surface area (Å²) < 4.78 is 37.2. The van der Waals surface area contributed by atoms with E-state index in [0.717, 1.165) is 5.56 Å². The molecule has 0 N–H and O–H groups in total. The van der Waals surface area contributed by atoms with Crippen molar-refractivity contribution in [1.82, 2.24) is 9.97 Å². The predicted octanol–water partition coefficient (Wildman–Crippen LogP) is 3.94. The lowest BCUT2D eigenvalue weighted by atomic mass is 10.2. The topological polar surface area (TPSA) is 78.4 Å². The summed E-state index contributed by atoms with van der Waals surface area (Å²) in [6, 6.07) is 13.1. The highest BCUT2D eigenvalue weighted by Crippen LogP contribution is 2.49. The van der Waals surface area contributed by atoms with Crippen LogP contribution in [0, 0.1) is 6.92 Å². The molecule has 1 aromatic carbocycles. The molecule has 0 fully saturated rings. The molecule has 0 radical (unpaired) electrons. The van der Waals surface area contributed by atoms with Gasteiger partial charge in [-0.05, 0) is 43.3 Å². The Balaban J connectivity index is 1.95. The largest absolute Gasteiger partial charge is 0.426 e. The lowest BCUT2D eigenvalue weighted by Crippen LogP contribution is -2.08. The van der Waals surface area contributed by atoms with Gasteiger partial charge in [0.2, 0.25) is 0 Å². The van der Waals surface area contributed by atoms with Crippen molar-refractivity contribution in [2.24, 2.45) is 0 Å². The Kier molecular flexibility index (Phi) is 5.26. The second kappa shape index (κ2) is 7.59. The lowest BCUT2D eigenvalue weighted by molar-refractivity contribution is 0.497. The van der Waals surface area contributed by atoms with E-state index in [9.17, 15) is 8.42 Å². The number of rotatable bonds is 6. The van der Waals surface area contributed by atoms with Crippen molar-refractivity contribution in [1.29, 1.82) is 0 Å². The fourth-order valence-electron chi connectivity index (χ4n) is 1.89. The molecular formula is C17H15N2O4PS. The van der Waals surface area contributed by atoms with Gasteiger partial charge < -0.3 is 9.05 Å². The summed E-state index contributed by atoms with van der Waals surface area (Å²) in [5, 5.41) is 0. The molecule has 0 unspecified atom stereocenters. The molecular weight excluding hydrogens is 359 g/mol. The summed E-state index contributed by atoms with van der Waals surface area (Å²) in [5.74, 6) is 0.626. The summed E-state index contributed by atoms with van der Waals surface area (Å²) in [4.78, 5) is 8.00. The van der Waals surface area contributed by atoms with E-state index in [4.69, 9.17) is 9.05 Å². The van der Waals surface area contributed by atoms with Crippen molar-refractivity contribution in [3.63, 3.8) is 0 Å². The minimum Gasteiger partial charge on any atom is -0.426 e. The Morgan fingerprint density at radius 1 is 0.840 bits per heavy atom. The molecule has 0 bridgehead atoms. The van der Waals surface area contributed by atoms with Crippen molar-refractivity contribution in [3.05, 3.63) is 78.9 Å². The Morgan fingerprint density at radius 3 is 1.80 bits per heavy atom. The van der Waals surface area contributed by atoms with Gasteiger partial charge in [-0.25, -0.2) is 8.42 Å². The Morgan fingerprint density at radius 2 is 1.36 bits per heavy atom. The Bertz CT molecular complexity index is 878. The van der Waals surface area contributed by atoms with Gasteiger partial charge in [0, 0.05) is 12.4 Å². The van der Waals surface area contributed by atoms with Crippen LogP contribution in [-0.2, 0) is 9.46 Å². The van der Waals surface area contributed by atoms with E-state index in [2.05, 4.69) is 9.97 Å². The molecule has 25 heavy (non-hydrogen) atoms. The summed E-state index contributed by atoms with van der Waals surface area (Å²) in [5.41, 5.74) is 0.963. The third-order valence-electron chi connectivity index (χ3n) is 3.14. The molecule has 0 saturated heterocycles. The van der Waals surface area contributed by atoms with Crippen molar-refractivity contribution in [3.8, 4) is 11.5 Å². The van der Waals surface area contributed by atoms with Crippen LogP contribution >= 0.6 is 7.58 Å². The molecule has 8 heteroatoms. The number of nitrogens with zero attached hydrogens (tertiary/aromatic N) is 2. The zero-order valence-electron chi connectivity index (χ0n) is 13.3. The first-order valence-electron chi connectivity index (χ1n) is 7.34. The van der Waals surface area contributed by atoms with Gasteiger partial charge >= 0.3 is 7.58 Å². The molecule has 2 aromatic heterocycles. The van der Waals surface area contributed by atoms with Crippen molar-refractivity contribution < 1.29 is 17.5 Å². The minimum absolute atomic E-state index is 0.136. The van der Waals surface area contributed by atoms with Crippen LogP contribution in [0.1, 0.15) is 5.56 Å². The van der Waals surface area contributed by atoms with Crippen LogP contribution < -0.4 is 9.05 Å². The van der Waals surface area contributed by atoms with Gasteiger partial charge in [0.25, 0.3) is 9.46 Å². The fraction of sp³-hybridized carbons (Fsp3) is 0.0588. The van der Waals surface area contributed by atoms with Crippen molar-refractivity contribution in [2.75, 3.05) is 0 Å². The number of aryl methyl sites for hydroxylation is 1. The van der Waals surface area contributed by atoms with Crippen LogP contribution in [0.2, 0.25) is 0 Å². The van der Waals surface area contributed by atoms with E-state index in [0.29, 0.717) is 11.5 Å². The summed E-state index contributed by atoms with van der Waals surface area (Å²) >= 11 is 0. The average molecular weight is 374 g/mol. The van der Waals surface area contributed by atoms with Crippen LogP contribution in [0.4, 0.5) is 0 Å². The summed E-state index contributed by atoms with van der Waals surface area (Å²) in [6.45, 7) is 1.89. The maximum absolute atomic E-state index is 13.0. The molecule has 0 saturated carbocycles. The van der Waals surface area contributed by atoms with Crippen LogP contribution in [0.25, 0.3) is 0 Å². The smallest absolute Gasteiger partial charge is 0.426 e. The Labute approximate surface area is 147 Å². The zero-order valence-corrected chi connectivity index (χ0v) is 15.0. The van der Waals surface area contributed by atoms with Gasteiger partial charge in [-0.3, -0.25) is 9.97 Å². The second-order valence-electron chi connectivity index (χ2n) is 5.07. The van der Waals surface area contributed by atoms with E-state index < -0.39 is 17.0 Å². The molecule has 128 valence electrons. The monoisotopic (exact) mass is 374 g/mol. The standard InChI is InChI=1S/C17H15N2O4PS/c1-14-6-8-17(9-7-14)25(20,21)24(22-15-4-2-10-18-12-15)23-16-5-3-11-19-13-16/h2-13H,1H3.